The fourth-order valence-corrected chi connectivity index (χ4v) is 4.82. The molecular formula is C17H20N2O2S. The van der Waals surface area contributed by atoms with Crippen molar-refractivity contribution in [2.24, 2.45) is 11.8 Å². The molecule has 22 heavy (non-hydrogen) atoms. The van der Waals surface area contributed by atoms with Crippen LogP contribution in [-0.4, -0.2) is 35.2 Å². The molecule has 0 spiro atoms. The van der Waals surface area contributed by atoms with Crippen LogP contribution in [0.5, 0.6) is 0 Å². The second-order valence-corrected chi connectivity index (χ2v) is 7.30. The average molecular weight is 316 g/mol. The fourth-order valence-electron chi connectivity index (χ4n) is 3.85. The van der Waals surface area contributed by atoms with Crippen molar-refractivity contribution in [3.05, 3.63) is 35.2 Å². The molecule has 2 aromatic rings. The van der Waals surface area contributed by atoms with E-state index in [0.717, 1.165) is 19.4 Å². The van der Waals surface area contributed by atoms with Gasteiger partial charge in [0.05, 0.1) is 6.10 Å². The van der Waals surface area contributed by atoms with E-state index in [1.807, 2.05) is 17.0 Å². The molecule has 2 N–H and O–H groups in total. The Hall–Kier alpha value is -1.59. The van der Waals surface area contributed by atoms with Crippen LogP contribution >= 0.6 is 11.3 Å². The first-order chi connectivity index (χ1) is 10.7. The van der Waals surface area contributed by atoms with E-state index in [1.165, 1.54) is 15.6 Å². The van der Waals surface area contributed by atoms with Crippen molar-refractivity contribution in [3.8, 4) is 0 Å². The number of aliphatic hydroxyl groups is 1. The molecular weight excluding hydrogens is 296 g/mol. The predicted octanol–water partition coefficient (Wildman–Crippen LogP) is 2.81. The van der Waals surface area contributed by atoms with E-state index in [0.29, 0.717) is 19.0 Å². The number of carbonyl (C=O) groups excluding carboxylic acids is 1. The van der Waals surface area contributed by atoms with E-state index in [4.69, 9.17) is 0 Å². The molecule has 4 rings (SSSR count). The van der Waals surface area contributed by atoms with Crippen LogP contribution < -0.4 is 5.32 Å². The topological polar surface area (TPSA) is 52.6 Å². The number of aliphatic hydroxyl groups excluding tert-OH is 1. The van der Waals surface area contributed by atoms with Crippen LogP contribution in [0.3, 0.4) is 0 Å². The summed E-state index contributed by atoms with van der Waals surface area (Å²) in [6.45, 7) is 2.05. The summed E-state index contributed by atoms with van der Waals surface area (Å²) < 4.78 is 1.26. The predicted molar refractivity (Wildman–Crippen MR) is 87.9 cm³/mol. The van der Waals surface area contributed by atoms with Gasteiger partial charge in [-0.05, 0) is 41.2 Å². The molecule has 2 amide bonds. The minimum atomic E-state index is -0.219. The van der Waals surface area contributed by atoms with E-state index in [1.54, 1.807) is 11.3 Å². The maximum absolute atomic E-state index is 12.4. The first-order valence-corrected chi connectivity index (χ1v) is 8.76. The molecule has 0 radical (unpaired) electrons. The zero-order chi connectivity index (χ0) is 15.1. The zero-order valence-electron chi connectivity index (χ0n) is 12.4. The molecule has 1 aromatic carbocycles. The van der Waals surface area contributed by atoms with Gasteiger partial charge in [0.1, 0.15) is 0 Å². The van der Waals surface area contributed by atoms with Crippen molar-refractivity contribution in [2.45, 2.75) is 25.5 Å². The molecule has 1 aliphatic carbocycles. The summed E-state index contributed by atoms with van der Waals surface area (Å²) >= 11 is 1.71. The molecule has 0 unspecified atom stereocenters. The summed E-state index contributed by atoms with van der Waals surface area (Å²) in [6, 6.07) is 8.27. The maximum atomic E-state index is 12.4. The Morgan fingerprint density at radius 3 is 3.05 bits per heavy atom. The minimum absolute atomic E-state index is 0.00289. The quantitative estimate of drug-likeness (QED) is 0.895. The van der Waals surface area contributed by atoms with Gasteiger partial charge in [0, 0.05) is 30.3 Å². The van der Waals surface area contributed by atoms with Gasteiger partial charge in [0.2, 0.25) is 0 Å². The summed E-state index contributed by atoms with van der Waals surface area (Å²) in [6.07, 6.45) is 1.72. The second kappa shape index (κ2) is 5.56. The molecule has 1 saturated heterocycles. The number of amides is 2. The Morgan fingerprint density at radius 2 is 2.18 bits per heavy atom. The van der Waals surface area contributed by atoms with Crippen LogP contribution in [0.25, 0.3) is 10.1 Å². The highest BCUT2D eigenvalue weighted by atomic mass is 32.1. The van der Waals surface area contributed by atoms with Gasteiger partial charge in [0.15, 0.2) is 0 Å². The smallest absolute Gasteiger partial charge is 0.317 e. The third-order valence-corrected chi connectivity index (χ3v) is 6.11. The highest BCUT2D eigenvalue weighted by Gasteiger charge is 2.43. The number of urea groups is 1. The number of hydrogen-bond donors (Lipinski definition) is 2. The van der Waals surface area contributed by atoms with Crippen molar-refractivity contribution in [3.63, 3.8) is 0 Å². The summed E-state index contributed by atoms with van der Waals surface area (Å²) in [5, 5.41) is 16.3. The van der Waals surface area contributed by atoms with Crippen molar-refractivity contribution in [1.82, 2.24) is 10.2 Å². The molecule has 0 bridgehead atoms. The minimum Gasteiger partial charge on any atom is -0.393 e. The number of nitrogens with one attached hydrogen (secondary N) is 1. The number of hydrogen-bond acceptors (Lipinski definition) is 3. The highest BCUT2D eigenvalue weighted by Crippen LogP contribution is 2.38. The lowest BCUT2D eigenvalue weighted by Crippen LogP contribution is -2.39. The van der Waals surface area contributed by atoms with Gasteiger partial charge in [-0.1, -0.05) is 18.2 Å². The van der Waals surface area contributed by atoms with E-state index < -0.39 is 0 Å². The van der Waals surface area contributed by atoms with Crippen LogP contribution in [-0.2, 0) is 6.54 Å². The molecule has 2 aliphatic rings. The number of likely N-dealkylation sites (tertiary alicyclic amines) is 1. The largest absolute Gasteiger partial charge is 0.393 e. The van der Waals surface area contributed by atoms with E-state index in [-0.39, 0.29) is 18.1 Å². The average Bonchev–Trinajstić information content (AvgIpc) is 3.21. The molecule has 1 aromatic heterocycles. The summed E-state index contributed by atoms with van der Waals surface area (Å²) in [5.41, 5.74) is 1.17. The van der Waals surface area contributed by atoms with Crippen LogP contribution in [0.15, 0.2) is 29.6 Å². The van der Waals surface area contributed by atoms with E-state index >= 15 is 0 Å². The second-order valence-electron chi connectivity index (χ2n) is 6.39. The van der Waals surface area contributed by atoms with Crippen LogP contribution in [0.4, 0.5) is 4.79 Å². The lowest BCUT2D eigenvalue weighted by atomic mass is 10.00. The molecule has 2 heterocycles. The number of nitrogens with zero attached hydrogens (tertiary/aromatic N) is 1. The van der Waals surface area contributed by atoms with Crippen molar-refractivity contribution >= 4 is 27.5 Å². The number of benzene rings is 1. The van der Waals surface area contributed by atoms with E-state index in [9.17, 15) is 9.90 Å². The van der Waals surface area contributed by atoms with Gasteiger partial charge >= 0.3 is 6.03 Å². The summed E-state index contributed by atoms with van der Waals surface area (Å²) in [5.74, 6) is 0.774. The highest BCUT2D eigenvalue weighted by molar-refractivity contribution is 7.17. The van der Waals surface area contributed by atoms with Crippen molar-refractivity contribution in [1.29, 1.82) is 0 Å². The lowest BCUT2D eigenvalue weighted by molar-refractivity contribution is 0.126. The molecule has 116 valence electrons. The number of rotatable bonds is 2. The van der Waals surface area contributed by atoms with Crippen LogP contribution in [0.1, 0.15) is 18.4 Å². The van der Waals surface area contributed by atoms with Gasteiger partial charge < -0.3 is 15.3 Å². The third-order valence-electron chi connectivity index (χ3n) is 5.10. The van der Waals surface area contributed by atoms with Crippen molar-refractivity contribution in [2.75, 3.05) is 13.1 Å². The molecule has 1 aliphatic heterocycles. The molecule has 2 fully saturated rings. The standard InChI is InChI=1S/C17H20N2O2S/c20-15-6-5-11-8-19(9-14(11)15)17(21)18-7-12-10-22-16-4-2-1-3-13(12)16/h1-4,10-11,14-15,20H,5-9H2,(H,18,21)/t11-,14+,15-/m1/s1. The van der Waals surface area contributed by atoms with Crippen LogP contribution in [0, 0.1) is 11.8 Å². The normalized spacial score (nSPS) is 27.3. The van der Waals surface area contributed by atoms with Crippen LogP contribution in [0.2, 0.25) is 0 Å². The molecule has 1 saturated carbocycles. The van der Waals surface area contributed by atoms with Gasteiger partial charge in [-0.25, -0.2) is 4.79 Å². The summed E-state index contributed by atoms with van der Waals surface area (Å²) in [7, 11) is 0. The van der Waals surface area contributed by atoms with Crippen molar-refractivity contribution < 1.29 is 9.90 Å². The Morgan fingerprint density at radius 1 is 1.32 bits per heavy atom. The molecule has 3 atom stereocenters. The van der Waals surface area contributed by atoms with Gasteiger partial charge in [-0.15, -0.1) is 11.3 Å². The van der Waals surface area contributed by atoms with Gasteiger partial charge in [0.25, 0.3) is 0 Å². The first kappa shape index (κ1) is 14.0. The summed E-state index contributed by atoms with van der Waals surface area (Å²) in [4.78, 5) is 14.2. The Bertz CT molecular complexity index is 699. The monoisotopic (exact) mass is 316 g/mol. The van der Waals surface area contributed by atoms with E-state index in [2.05, 4.69) is 22.8 Å². The van der Waals surface area contributed by atoms with Gasteiger partial charge in [-0.3, -0.25) is 0 Å². The Balaban J connectivity index is 1.39. The number of thiophene rings is 1. The Labute approximate surface area is 133 Å². The lowest BCUT2D eigenvalue weighted by Gasteiger charge is -2.19. The maximum Gasteiger partial charge on any atom is 0.317 e. The SMILES string of the molecule is O=C(NCc1csc2ccccc12)N1C[C@H]2CC[C@@H](O)[C@H]2C1. The molecule has 5 heteroatoms. The molecule has 4 nitrogen and oxygen atoms in total. The zero-order valence-corrected chi connectivity index (χ0v) is 13.2. The van der Waals surface area contributed by atoms with Gasteiger partial charge in [-0.2, -0.15) is 0 Å². The fraction of sp³-hybridized carbons (Fsp3) is 0.471. The number of carbonyl (C=O) groups is 1. The number of fused-ring (bicyclic) bond motifs is 2. The third kappa shape index (κ3) is 2.38. The Kier molecular flexibility index (Phi) is 3.54. The first-order valence-electron chi connectivity index (χ1n) is 7.88.